The minimum Gasteiger partial charge on any atom is -0.502 e. The molecular weight excluding hydrogens is 473 g/mol. The Morgan fingerprint density at radius 2 is 1.97 bits per heavy atom. The van der Waals surface area contributed by atoms with Gasteiger partial charge in [-0.1, -0.05) is 30.4 Å². The number of phenolic OH excluding ortho intramolecular Hbond substituents is 1. The fraction of sp³-hybridized carbons (Fsp3) is 0.217. The van der Waals surface area contributed by atoms with Crippen molar-refractivity contribution in [1.29, 1.82) is 0 Å². The zero-order valence-corrected chi connectivity index (χ0v) is 18.9. The Morgan fingerprint density at radius 3 is 2.65 bits per heavy atom. The fourth-order valence-corrected chi connectivity index (χ4v) is 4.19. The molecule has 0 atom stereocenters. The van der Waals surface area contributed by atoms with Crippen LogP contribution in [0.3, 0.4) is 0 Å². The van der Waals surface area contributed by atoms with E-state index in [0.29, 0.717) is 32.9 Å². The first kappa shape index (κ1) is 23.4. The van der Waals surface area contributed by atoms with Gasteiger partial charge in [-0.25, -0.2) is 4.98 Å². The highest BCUT2D eigenvalue weighted by Gasteiger charge is 2.31. The molecule has 0 bridgehead atoms. The SMILES string of the molecule is CCCOc1cc(C=c2sc3nc(-c4cccc(OC(F)(F)F)c4)cn3c2=O)cc(OC)c1O. The molecule has 0 amide bonds. The first-order valence-corrected chi connectivity index (χ1v) is 10.9. The number of phenols is 1. The first-order valence-electron chi connectivity index (χ1n) is 10.1. The first-order chi connectivity index (χ1) is 16.2. The molecule has 7 nitrogen and oxygen atoms in total. The molecule has 0 fully saturated rings. The molecule has 0 aliphatic carbocycles. The fourth-order valence-electron chi connectivity index (χ4n) is 3.24. The largest absolute Gasteiger partial charge is 0.573 e. The van der Waals surface area contributed by atoms with Crippen LogP contribution < -0.4 is 24.3 Å². The number of benzene rings is 2. The maximum atomic E-state index is 12.9. The topological polar surface area (TPSA) is 82.3 Å². The summed E-state index contributed by atoms with van der Waals surface area (Å²) in [5.74, 6) is -0.0562. The Labute approximate surface area is 195 Å². The van der Waals surface area contributed by atoms with Gasteiger partial charge in [0.2, 0.25) is 5.75 Å². The molecule has 0 radical (unpaired) electrons. The summed E-state index contributed by atoms with van der Waals surface area (Å²) >= 11 is 1.12. The summed E-state index contributed by atoms with van der Waals surface area (Å²) in [5.41, 5.74) is 0.955. The second-order valence-corrected chi connectivity index (χ2v) is 8.20. The number of thiazole rings is 1. The molecule has 0 spiro atoms. The molecule has 2 aromatic heterocycles. The van der Waals surface area contributed by atoms with Crippen molar-refractivity contribution >= 4 is 22.4 Å². The summed E-state index contributed by atoms with van der Waals surface area (Å²) < 4.78 is 53.9. The Kier molecular flexibility index (Phi) is 6.38. The molecule has 34 heavy (non-hydrogen) atoms. The number of rotatable bonds is 7. The van der Waals surface area contributed by atoms with Crippen molar-refractivity contribution in [3.05, 3.63) is 63.0 Å². The predicted octanol–water partition coefficient (Wildman–Crippen LogP) is 4.37. The summed E-state index contributed by atoms with van der Waals surface area (Å²) in [5, 5.41) is 10.3. The van der Waals surface area contributed by atoms with Crippen molar-refractivity contribution in [3.8, 4) is 34.3 Å². The third-order valence-electron chi connectivity index (χ3n) is 4.71. The lowest BCUT2D eigenvalue weighted by atomic mass is 10.1. The van der Waals surface area contributed by atoms with Gasteiger partial charge in [0.25, 0.3) is 5.56 Å². The van der Waals surface area contributed by atoms with E-state index < -0.39 is 6.36 Å². The van der Waals surface area contributed by atoms with E-state index in [2.05, 4.69) is 9.72 Å². The van der Waals surface area contributed by atoms with Crippen LogP contribution in [0, 0.1) is 0 Å². The van der Waals surface area contributed by atoms with E-state index in [4.69, 9.17) is 9.47 Å². The number of aromatic nitrogens is 2. The highest BCUT2D eigenvalue weighted by Crippen LogP contribution is 2.37. The van der Waals surface area contributed by atoms with Crippen molar-refractivity contribution in [3.63, 3.8) is 0 Å². The van der Waals surface area contributed by atoms with Crippen molar-refractivity contribution in [2.24, 2.45) is 0 Å². The lowest BCUT2D eigenvalue weighted by molar-refractivity contribution is -0.274. The summed E-state index contributed by atoms with van der Waals surface area (Å²) in [4.78, 5) is 17.7. The van der Waals surface area contributed by atoms with Crippen LogP contribution >= 0.6 is 11.3 Å². The van der Waals surface area contributed by atoms with Gasteiger partial charge in [0.05, 0.1) is 23.9 Å². The van der Waals surface area contributed by atoms with Gasteiger partial charge in [-0.3, -0.25) is 9.20 Å². The molecule has 1 N–H and O–H groups in total. The number of ether oxygens (including phenoxy) is 3. The standard InChI is InChI=1S/C23H19F3N2O5S/c1-3-7-32-18-9-13(8-17(31-2)20(18)29)10-19-21(30)28-12-16(27-22(28)34-19)14-5-4-6-15(11-14)33-23(24,25)26/h4-6,8-12,29H,3,7H2,1-2H3. The molecule has 0 unspecified atom stereocenters. The van der Waals surface area contributed by atoms with Crippen LogP contribution in [0.15, 0.2) is 47.4 Å². The minimum absolute atomic E-state index is 0.127. The molecule has 0 saturated heterocycles. The van der Waals surface area contributed by atoms with E-state index in [1.54, 1.807) is 24.3 Å². The number of imidazole rings is 1. The second-order valence-electron chi connectivity index (χ2n) is 7.19. The maximum Gasteiger partial charge on any atom is 0.573 e. The zero-order chi connectivity index (χ0) is 24.5. The quantitative estimate of drug-likeness (QED) is 0.413. The van der Waals surface area contributed by atoms with Gasteiger partial charge in [0.15, 0.2) is 16.5 Å². The molecule has 0 saturated carbocycles. The lowest BCUT2D eigenvalue weighted by Crippen LogP contribution is -2.22. The number of hydrogen-bond donors (Lipinski definition) is 1. The van der Waals surface area contributed by atoms with Crippen LogP contribution in [0.25, 0.3) is 22.3 Å². The highest BCUT2D eigenvalue weighted by molar-refractivity contribution is 7.15. The van der Waals surface area contributed by atoms with Crippen molar-refractivity contribution in [1.82, 2.24) is 9.38 Å². The summed E-state index contributed by atoms with van der Waals surface area (Å²) in [6.07, 6.45) is -0.972. The summed E-state index contributed by atoms with van der Waals surface area (Å²) in [7, 11) is 1.41. The van der Waals surface area contributed by atoms with Crippen molar-refractivity contribution in [2.45, 2.75) is 19.7 Å². The van der Waals surface area contributed by atoms with Gasteiger partial charge in [-0.05, 0) is 42.3 Å². The van der Waals surface area contributed by atoms with Gasteiger partial charge in [-0.2, -0.15) is 0 Å². The Bertz CT molecular complexity index is 1450. The van der Waals surface area contributed by atoms with Gasteiger partial charge in [0.1, 0.15) is 5.75 Å². The van der Waals surface area contributed by atoms with E-state index >= 15 is 0 Å². The average Bonchev–Trinajstić information content (AvgIpc) is 3.32. The monoisotopic (exact) mass is 492 g/mol. The molecule has 4 rings (SSSR count). The number of nitrogens with zero attached hydrogens (tertiary/aromatic N) is 2. The number of halogens is 3. The van der Waals surface area contributed by atoms with Gasteiger partial charge < -0.3 is 19.3 Å². The van der Waals surface area contributed by atoms with E-state index in [1.807, 2.05) is 6.92 Å². The van der Waals surface area contributed by atoms with E-state index in [-0.39, 0.29) is 28.6 Å². The average molecular weight is 492 g/mol. The van der Waals surface area contributed by atoms with E-state index in [1.165, 1.54) is 35.9 Å². The summed E-state index contributed by atoms with van der Waals surface area (Å²) in [6, 6.07) is 8.57. The maximum absolute atomic E-state index is 12.9. The molecule has 0 aliphatic heterocycles. The van der Waals surface area contributed by atoms with Crippen molar-refractivity contribution < 1.29 is 32.5 Å². The number of fused-ring (bicyclic) bond motifs is 1. The predicted molar refractivity (Wildman–Crippen MR) is 121 cm³/mol. The third kappa shape index (κ3) is 4.93. The van der Waals surface area contributed by atoms with Crippen LogP contribution in [0.5, 0.6) is 23.0 Å². The zero-order valence-electron chi connectivity index (χ0n) is 18.0. The molecular formula is C23H19F3N2O5S. The lowest BCUT2D eigenvalue weighted by Gasteiger charge is -2.11. The van der Waals surface area contributed by atoms with E-state index in [9.17, 15) is 23.1 Å². The normalized spacial score (nSPS) is 12.3. The third-order valence-corrected chi connectivity index (χ3v) is 5.69. The van der Waals surface area contributed by atoms with Crippen LogP contribution in [0.4, 0.5) is 13.2 Å². The smallest absolute Gasteiger partial charge is 0.502 e. The van der Waals surface area contributed by atoms with Crippen LogP contribution in [0.1, 0.15) is 18.9 Å². The van der Waals surface area contributed by atoms with Crippen molar-refractivity contribution in [2.75, 3.05) is 13.7 Å². The Balaban J connectivity index is 1.71. The van der Waals surface area contributed by atoms with Gasteiger partial charge >= 0.3 is 6.36 Å². The molecule has 0 aliphatic rings. The molecule has 2 aromatic carbocycles. The molecule has 178 valence electrons. The van der Waals surface area contributed by atoms with Gasteiger partial charge in [-0.15, -0.1) is 13.2 Å². The Hall–Kier alpha value is -3.73. The Morgan fingerprint density at radius 1 is 1.21 bits per heavy atom. The van der Waals surface area contributed by atoms with Crippen LogP contribution in [0.2, 0.25) is 0 Å². The van der Waals surface area contributed by atoms with E-state index in [0.717, 1.165) is 17.8 Å². The molecule has 4 aromatic rings. The highest BCUT2D eigenvalue weighted by atomic mass is 32.1. The number of aromatic hydroxyl groups is 1. The second kappa shape index (κ2) is 9.26. The minimum atomic E-state index is -4.81. The number of methoxy groups -OCH3 is 1. The molecule has 2 heterocycles. The number of alkyl halides is 3. The van der Waals surface area contributed by atoms with Crippen LogP contribution in [-0.4, -0.2) is 34.6 Å². The summed E-state index contributed by atoms with van der Waals surface area (Å²) in [6.45, 7) is 2.33. The van der Waals surface area contributed by atoms with Crippen LogP contribution in [-0.2, 0) is 0 Å². The molecule has 11 heteroatoms. The van der Waals surface area contributed by atoms with Gasteiger partial charge in [0, 0.05) is 11.8 Å². The number of hydrogen-bond acceptors (Lipinski definition) is 7.